The smallest absolute Gasteiger partial charge is 0.165 e. The van der Waals surface area contributed by atoms with Crippen LogP contribution in [0, 0.1) is 0 Å². The van der Waals surface area contributed by atoms with Crippen molar-refractivity contribution in [1.29, 1.82) is 0 Å². The Morgan fingerprint density at radius 1 is 0.371 bits per heavy atom. The van der Waals surface area contributed by atoms with Gasteiger partial charge in [-0.15, -0.1) is 11.3 Å². The molecule has 0 saturated heterocycles. The molecule has 0 unspecified atom stereocenters. The van der Waals surface area contributed by atoms with Gasteiger partial charge in [-0.1, -0.05) is 188 Å². The first-order valence-electron chi connectivity index (χ1n) is 22.9. The van der Waals surface area contributed by atoms with E-state index in [4.69, 9.17) is 21.8 Å². The first-order valence-corrected chi connectivity index (χ1v) is 21.2. The van der Waals surface area contributed by atoms with Crippen molar-refractivity contribution in [3.63, 3.8) is 0 Å². The zero-order valence-electron chi connectivity index (χ0n) is 38.1. The van der Waals surface area contributed by atoms with Crippen molar-refractivity contribution in [1.82, 2.24) is 19.5 Å². The van der Waals surface area contributed by atoms with Gasteiger partial charge in [0.05, 0.1) is 17.9 Å². The van der Waals surface area contributed by atoms with Gasteiger partial charge in [0, 0.05) is 53.3 Å². The summed E-state index contributed by atoms with van der Waals surface area (Å²) in [5.74, 6) is 1.59. The topological polar surface area (TPSA) is 43.6 Å². The van der Waals surface area contributed by atoms with Crippen LogP contribution in [-0.2, 0) is 0 Å². The Labute approximate surface area is 369 Å². The fourth-order valence-corrected chi connectivity index (χ4v) is 9.78. The normalized spacial score (nSPS) is 12.7. The van der Waals surface area contributed by atoms with E-state index in [9.17, 15) is 0 Å². The minimum Gasteiger partial charge on any atom is -0.309 e. The highest BCUT2D eigenvalue weighted by Gasteiger charge is 2.21. The number of fused-ring (bicyclic) bond motifs is 6. The monoisotopic (exact) mass is 813 g/mol. The van der Waals surface area contributed by atoms with E-state index in [-0.39, 0.29) is 29.7 Å². The van der Waals surface area contributed by atoms with Gasteiger partial charge in [-0.3, -0.25) is 0 Å². The summed E-state index contributed by atoms with van der Waals surface area (Å²) in [6, 6.07) is 62.7. The van der Waals surface area contributed by atoms with Crippen LogP contribution in [0.1, 0.15) is 6.85 Å². The van der Waals surface area contributed by atoms with Crippen molar-refractivity contribution in [2.75, 3.05) is 0 Å². The number of benzene rings is 9. The van der Waals surface area contributed by atoms with E-state index in [0.29, 0.717) is 23.0 Å². The van der Waals surface area contributed by atoms with Crippen LogP contribution in [0.4, 0.5) is 0 Å². The molecule has 0 radical (unpaired) electrons. The van der Waals surface area contributed by atoms with Gasteiger partial charge >= 0.3 is 0 Å². The van der Waals surface area contributed by atoms with Crippen molar-refractivity contribution < 1.29 is 6.85 Å². The second-order valence-electron chi connectivity index (χ2n) is 15.2. The molecule has 0 fully saturated rings. The summed E-state index contributed by atoms with van der Waals surface area (Å²) in [5, 5.41) is 4.22. The largest absolute Gasteiger partial charge is 0.309 e. The SMILES string of the molecule is [2H]c1c([2H])c([2H])c(-c2ccc3c(c2)sc2c(-c4nc(-c5ccccc5)nc(-c5ccc(-c6ccc(-c7ccccc7)cc6)cc5)n4)cc(-n4c5ccccc5c5ccccc54)cc23)c([2H])c1[2H]. The maximum absolute atomic E-state index is 8.76. The standard InChI is InChI=1S/C57H36N4S/c1-4-14-37(15-5-1)39-24-26-40(27-25-39)41-28-30-43(31-29-41)56-58-55(42-18-8-3-9-19-42)59-57(60-56)50-36-45(61-51-22-12-10-20-46(51)47-21-11-13-23-52(47)61)35-49-48-33-32-44(34-53(48)62-54(49)50)38-16-6-2-7-17-38/h1-36H/i2D,6D,7D,16D,17D. The molecule has 0 bridgehead atoms. The van der Waals surface area contributed by atoms with Crippen LogP contribution in [0.5, 0.6) is 0 Å². The molecule has 0 saturated carbocycles. The summed E-state index contributed by atoms with van der Waals surface area (Å²) in [6.45, 7) is 0. The molecule has 3 heterocycles. The summed E-state index contributed by atoms with van der Waals surface area (Å²) >= 11 is 1.57. The van der Waals surface area contributed by atoms with Gasteiger partial charge in [-0.05, 0) is 63.7 Å². The van der Waals surface area contributed by atoms with E-state index in [1.165, 1.54) is 5.56 Å². The molecule has 0 aliphatic carbocycles. The molecule has 62 heavy (non-hydrogen) atoms. The van der Waals surface area contributed by atoms with Gasteiger partial charge in [-0.25, -0.2) is 15.0 Å². The Morgan fingerprint density at radius 2 is 0.855 bits per heavy atom. The van der Waals surface area contributed by atoms with Crippen LogP contribution >= 0.6 is 11.3 Å². The summed E-state index contributed by atoms with van der Waals surface area (Å²) in [6.07, 6.45) is 0. The molecule has 0 spiro atoms. The van der Waals surface area contributed by atoms with Gasteiger partial charge in [-0.2, -0.15) is 0 Å². The third-order valence-corrected chi connectivity index (χ3v) is 12.8. The second-order valence-corrected chi connectivity index (χ2v) is 16.3. The maximum atomic E-state index is 8.76. The molecular weight excluding hydrogens is 773 g/mol. The van der Waals surface area contributed by atoms with Crippen molar-refractivity contribution in [3.05, 3.63) is 218 Å². The molecule has 4 nitrogen and oxygen atoms in total. The van der Waals surface area contributed by atoms with Crippen LogP contribution in [0.3, 0.4) is 0 Å². The van der Waals surface area contributed by atoms with Gasteiger partial charge in [0.2, 0.25) is 0 Å². The third kappa shape index (κ3) is 6.26. The van der Waals surface area contributed by atoms with E-state index in [1.54, 1.807) is 11.3 Å². The van der Waals surface area contributed by atoms with Crippen LogP contribution in [-0.4, -0.2) is 19.5 Å². The number of aromatic nitrogens is 4. The summed E-state index contributed by atoms with van der Waals surface area (Å²) in [4.78, 5) is 15.6. The zero-order chi connectivity index (χ0) is 45.3. The fraction of sp³-hybridized carbons (Fsp3) is 0. The highest BCUT2D eigenvalue weighted by Crippen LogP contribution is 2.44. The molecule has 290 valence electrons. The molecule has 3 aromatic heterocycles. The van der Waals surface area contributed by atoms with Crippen LogP contribution in [0.15, 0.2) is 218 Å². The maximum Gasteiger partial charge on any atom is 0.165 e. The second kappa shape index (κ2) is 14.9. The minimum atomic E-state index is -0.416. The lowest BCUT2D eigenvalue weighted by molar-refractivity contribution is 1.07. The first-order chi connectivity index (χ1) is 32.8. The van der Waals surface area contributed by atoms with Crippen molar-refractivity contribution in [2.24, 2.45) is 0 Å². The van der Waals surface area contributed by atoms with E-state index in [1.807, 2.05) is 54.6 Å². The van der Waals surface area contributed by atoms with E-state index < -0.39 is 6.04 Å². The highest BCUT2D eigenvalue weighted by atomic mass is 32.1. The fourth-order valence-electron chi connectivity index (χ4n) is 8.55. The molecule has 5 heteroatoms. The van der Waals surface area contributed by atoms with Crippen LogP contribution in [0.25, 0.3) is 115 Å². The molecule has 0 amide bonds. The number of nitrogens with zero attached hydrogens (tertiary/aromatic N) is 4. The van der Waals surface area contributed by atoms with Crippen molar-refractivity contribution in [3.8, 4) is 73.2 Å². The number of hydrogen-bond donors (Lipinski definition) is 0. The molecule has 12 aromatic rings. The van der Waals surface area contributed by atoms with Gasteiger partial charge < -0.3 is 4.57 Å². The third-order valence-electron chi connectivity index (χ3n) is 11.6. The number of thiophene rings is 1. The zero-order valence-corrected chi connectivity index (χ0v) is 33.9. The minimum absolute atomic E-state index is 0.168. The van der Waals surface area contributed by atoms with E-state index in [0.717, 1.165) is 81.0 Å². The van der Waals surface area contributed by atoms with Crippen LogP contribution < -0.4 is 0 Å². The lowest BCUT2D eigenvalue weighted by Gasteiger charge is -2.13. The molecule has 0 N–H and O–H groups in total. The van der Waals surface area contributed by atoms with Crippen LogP contribution in [0.2, 0.25) is 0 Å². The molecule has 0 aliphatic heterocycles. The Morgan fingerprint density at radius 3 is 1.47 bits per heavy atom. The highest BCUT2D eigenvalue weighted by molar-refractivity contribution is 7.26. The van der Waals surface area contributed by atoms with Gasteiger partial charge in [0.1, 0.15) is 0 Å². The Balaban J connectivity index is 1.07. The predicted molar refractivity (Wildman–Crippen MR) is 260 cm³/mol. The Bertz CT molecular complexity index is 3820. The summed E-state index contributed by atoms with van der Waals surface area (Å²) in [5.41, 5.74) is 10.8. The molecule has 0 atom stereocenters. The Hall–Kier alpha value is -7.99. The average Bonchev–Trinajstić information content (AvgIpc) is 3.93. The molecular formula is C57H36N4S. The lowest BCUT2D eigenvalue weighted by Crippen LogP contribution is -2.01. The molecule has 0 aliphatic rings. The average molecular weight is 814 g/mol. The quantitative estimate of drug-likeness (QED) is 0.161. The number of rotatable bonds is 7. The first kappa shape index (κ1) is 31.0. The molecule has 9 aromatic carbocycles. The predicted octanol–water partition coefficient (Wildman–Crippen LogP) is 15.3. The summed E-state index contributed by atoms with van der Waals surface area (Å²) in [7, 11) is 0. The van der Waals surface area contributed by atoms with Crippen molar-refractivity contribution >= 4 is 53.3 Å². The summed E-state index contributed by atoms with van der Waals surface area (Å²) < 4.78 is 46.6. The van der Waals surface area contributed by atoms with Gasteiger partial charge in [0.15, 0.2) is 17.5 Å². The molecule has 12 rings (SSSR count). The lowest BCUT2D eigenvalue weighted by atomic mass is 9.99. The van der Waals surface area contributed by atoms with Gasteiger partial charge in [0.25, 0.3) is 0 Å². The van der Waals surface area contributed by atoms with E-state index in [2.05, 4.69) is 138 Å². The van der Waals surface area contributed by atoms with Crippen molar-refractivity contribution in [2.45, 2.75) is 0 Å². The van der Waals surface area contributed by atoms with E-state index >= 15 is 0 Å². The number of para-hydroxylation sites is 2. The number of hydrogen-bond acceptors (Lipinski definition) is 4. The Kier molecular flexibility index (Phi) is 7.46.